The second kappa shape index (κ2) is 7.77. The standard InChI is InChI=1S/C16H22FNO4/c1-16(2,3)22-15(21)18-13(10-14(19)20)9-6-11-4-7-12(17)8-5-11/h4-5,7-8,13H,6,9-10H2,1-3H3,(H,18,21)(H,19,20)/t13-/m1/s1. The van der Waals surface area contributed by atoms with Crippen molar-refractivity contribution in [3.8, 4) is 0 Å². The molecule has 122 valence electrons. The van der Waals surface area contributed by atoms with Crippen molar-refractivity contribution < 1.29 is 23.8 Å². The molecule has 1 rings (SSSR count). The molecule has 0 aromatic heterocycles. The van der Waals surface area contributed by atoms with Gasteiger partial charge in [0.1, 0.15) is 11.4 Å². The molecule has 1 aromatic carbocycles. The van der Waals surface area contributed by atoms with Crippen LogP contribution < -0.4 is 5.32 Å². The number of hydrogen-bond acceptors (Lipinski definition) is 3. The first kappa shape index (κ1) is 17.9. The Morgan fingerprint density at radius 3 is 2.36 bits per heavy atom. The molecule has 0 aliphatic carbocycles. The van der Waals surface area contributed by atoms with E-state index < -0.39 is 23.7 Å². The SMILES string of the molecule is CC(C)(C)OC(=O)N[C@H](CCc1ccc(F)cc1)CC(=O)O. The molecule has 0 aliphatic heterocycles. The molecule has 1 aromatic rings. The third-order valence-corrected chi connectivity index (χ3v) is 2.84. The molecule has 6 heteroatoms. The number of ether oxygens (including phenoxy) is 1. The van der Waals surface area contributed by atoms with Crippen LogP contribution in [0.25, 0.3) is 0 Å². The highest BCUT2D eigenvalue weighted by Gasteiger charge is 2.21. The molecule has 0 fully saturated rings. The molecule has 0 heterocycles. The Morgan fingerprint density at radius 1 is 1.27 bits per heavy atom. The fourth-order valence-corrected chi connectivity index (χ4v) is 1.90. The predicted molar refractivity (Wildman–Crippen MR) is 80.1 cm³/mol. The van der Waals surface area contributed by atoms with Gasteiger partial charge in [0.05, 0.1) is 6.42 Å². The molecule has 0 unspecified atom stereocenters. The van der Waals surface area contributed by atoms with E-state index in [0.717, 1.165) is 5.56 Å². The van der Waals surface area contributed by atoms with Crippen molar-refractivity contribution in [1.29, 1.82) is 0 Å². The minimum Gasteiger partial charge on any atom is -0.481 e. The largest absolute Gasteiger partial charge is 0.481 e. The zero-order valence-corrected chi connectivity index (χ0v) is 13.1. The first-order valence-corrected chi connectivity index (χ1v) is 7.11. The summed E-state index contributed by atoms with van der Waals surface area (Å²) in [6.45, 7) is 5.20. The highest BCUT2D eigenvalue weighted by atomic mass is 19.1. The molecular weight excluding hydrogens is 289 g/mol. The predicted octanol–water partition coefficient (Wildman–Crippen LogP) is 3.13. The number of benzene rings is 1. The molecule has 0 spiro atoms. The van der Waals surface area contributed by atoms with Crippen LogP contribution in [0.2, 0.25) is 0 Å². The van der Waals surface area contributed by atoms with Gasteiger partial charge in [-0.1, -0.05) is 12.1 Å². The number of carbonyl (C=O) groups is 2. The van der Waals surface area contributed by atoms with E-state index >= 15 is 0 Å². The maximum absolute atomic E-state index is 12.8. The van der Waals surface area contributed by atoms with E-state index in [1.165, 1.54) is 12.1 Å². The molecule has 2 N–H and O–H groups in total. The van der Waals surface area contributed by atoms with E-state index in [1.54, 1.807) is 32.9 Å². The molecule has 0 aliphatic rings. The van der Waals surface area contributed by atoms with Crippen molar-refractivity contribution in [3.63, 3.8) is 0 Å². The number of carboxylic acid groups (broad SMARTS) is 1. The Labute approximate surface area is 129 Å². The third-order valence-electron chi connectivity index (χ3n) is 2.84. The Hall–Kier alpha value is -2.11. The Morgan fingerprint density at radius 2 is 1.86 bits per heavy atom. The highest BCUT2D eigenvalue weighted by molar-refractivity contribution is 5.71. The second-order valence-corrected chi connectivity index (χ2v) is 6.11. The summed E-state index contributed by atoms with van der Waals surface area (Å²) >= 11 is 0. The lowest BCUT2D eigenvalue weighted by atomic mass is 10.0. The lowest BCUT2D eigenvalue weighted by Gasteiger charge is -2.23. The number of halogens is 1. The molecule has 0 radical (unpaired) electrons. The highest BCUT2D eigenvalue weighted by Crippen LogP contribution is 2.11. The molecule has 0 saturated carbocycles. The number of aryl methyl sites for hydroxylation is 1. The topological polar surface area (TPSA) is 75.6 Å². The number of carboxylic acids is 1. The van der Waals surface area contributed by atoms with Gasteiger partial charge in [0, 0.05) is 6.04 Å². The summed E-state index contributed by atoms with van der Waals surface area (Å²) in [5.41, 5.74) is 0.234. The zero-order valence-electron chi connectivity index (χ0n) is 13.1. The number of amides is 1. The molecule has 0 saturated heterocycles. The van der Waals surface area contributed by atoms with Crippen LogP contribution in [0.5, 0.6) is 0 Å². The number of rotatable bonds is 6. The summed E-state index contributed by atoms with van der Waals surface area (Å²) in [4.78, 5) is 22.6. The quantitative estimate of drug-likeness (QED) is 0.846. The van der Waals surface area contributed by atoms with Gasteiger partial charge < -0.3 is 15.2 Å². The van der Waals surface area contributed by atoms with Crippen LogP contribution in [-0.2, 0) is 16.0 Å². The summed E-state index contributed by atoms with van der Waals surface area (Å²) in [5.74, 6) is -1.32. The van der Waals surface area contributed by atoms with Crippen molar-refractivity contribution >= 4 is 12.1 Å². The first-order chi connectivity index (χ1) is 10.2. The molecule has 1 amide bonds. The zero-order chi connectivity index (χ0) is 16.8. The van der Waals surface area contributed by atoms with Gasteiger partial charge in [-0.2, -0.15) is 0 Å². The number of nitrogens with one attached hydrogen (secondary N) is 1. The fraction of sp³-hybridized carbons (Fsp3) is 0.500. The lowest BCUT2D eigenvalue weighted by Crippen LogP contribution is -2.40. The van der Waals surface area contributed by atoms with Crippen LogP contribution in [0, 0.1) is 5.82 Å². The van der Waals surface area contributed by atoms with E-state index in [1.807, 2.05) is 0 Å². The minimum atomic E-state index is -1.000. The average Bonchev–Trinajstić information content (AvgIpc) is 2.34. The van der Waals surface area contributed by atoms with E-state index in [-0.39, 0.29) is 12.2 Å². The first-order valence-electron chi connectivity index (χ1n) is 7.11. The molecule has 0 bridgehead atoms. The number of hydrogen-bond donors (Lipinski definition) is 2. The molecular formula is C16H22FNO4. The minimum absolute atomic E-state index is 0.194. The number of carbonyl (C=O) groups excluding carboxylic acids is 1. The van der Waals surface area contributed by atoms with E-state index in [2.05, 4.69) is 5.32 Å². The number of alkyl carbamates (subject to hydrolysis) is 1. The van der Waals surface area contributed by atoms with Gasteiger partial charge in [0.2, 0.25) is 0 Å². The van der Waals surface area contributed by atoms with Crippen molar-refractivity contribution in [2.24, 2.45) is 0 Å². The normalized spacial score (nSPS) is 12.5. The summed E-state index contributed by atoms with van der Waals surface area (Å²) in [6.07, 6.45) is 0.129. The summed E-state index contributed by atoms with van der Waals surface area (Å²) in [5, 5.41) is 11.5. The van der Waals surface area contributed by atoms with Crippen molar-refractivity contribution in [2.75, 3.05) is 0 Å². The lowest BCUT2D eigenvalue weighted by molar-refractivity contribution is -0.137. The summed E-state index contributed by atoms with van der Waals surface area (Å²) in [6, 6.07) is 5.44. The molecule has 22 heavy (non-hydrogen) atoms. The van der Waals surface area contributed by atoms with Crippen molar-refractivity contribution in [2.45, 2.75) is 51.7 Å². The van der Waals surface area contributed by atoms with Crippen LogP contribution in [0.1, 0.15) is 39.2 Å². The van der Waals surface area contributed by atoms with E-state index in [0.29, 0.717) is 12.8 Å². The maximum atomic E-state index is 12.8. The molecule has 5 nitrogen and oxygen atoms in total. The van der Waals surface area contributed by atoms with Crippen LogP contribution in [0.15, 0.2) is 24.3 Å². The summed E-state index contributed by atoms with van der Waals surface area (Å²) in [7, 11) is 0. The average molecular weight is 311 g/mol. The Kier molecular flexibility index (Phi) is 6.34. The van der Waals surface area contributed by atoms with Gasteiger partial charge in [-0.15, -0.1) is 0 Å². The van der Waals surface area contributed by atoms with Gasteiger partial charge >= 0.3 is 12.1 Å². The Bertz CT molecular complexity index is 508. The van der Waals surface area contributed by atoms with E-state index in [4.69, 9.17) is 9.84 Å². The monoisotopic (exact) mass is 311 g/mol. The third kappa shape index (κ3) is 7.61. The fourth-order valence-electron chi connectivity index (χ4n) is 1.90. The summed E-state index contributed by atoms with van der Waals surface area (Å²) < 4.78 is 18.0. The van der Waals surface area contributed by atoms with Crippen molar-refractivity contribution in [1.82, 2.24) is 5.32 Å². The van der Waals surface area contributed by atoms with Gasteiger partial charge in [-0.25, -0.2) is 9.18 Å². The second-order valence-electron chi connectivity index (χ2n) is 6.11. The van der Waals surface area contributed by atoms with Crippen LogP contribution >= 0.6 is 0 Å². The van der Waals surface area contributed by atoms with Gasteiger partial charge in [0.15, 0.2) is 0 Å². The smallest absolute Gasteiger partial charge is 0.407 e. The molecule has 1 atom stereocenters. The van der Waals surface area contributed by atoms with Gasteiger partial charge in [-0.3, -0.25) is 4.79 Å². The van der Waals surface area contributed by atoms with Gasteiger partial charge in [-0.05, 0) is 51.3 Å². The van der Waals surface area contributed by atoms with Gasteiger partial charge in [0.25, 0.3) is 0 Å². The number of aliphatic carboxylic acids is 1. The van der Waals surface area contributed by atoms with Crippen LogP contribution in [0.3, 0.4) is 0 Å². The van der Waals surface area contributed by atoms with E-state index in [9.17, 15) is 14.0 Å². The maximum Gasteiger partial charge on any atom is 0.407 e. The van der Waals surface area contributed by atoms with Crippen LogP contribution in [0.4, 0.5) is 9.18 Å². The van der Waals surface area contributed by atoms with Crippen molar-refractivity contribution in [3.05, 3.63) is 35.6 Å². The Balaban J connectivity index is 2.58. The van der Waals surface area contributed by atoms with Crippen LogP contribution in [-0.4, -0.2) is 28.8 Å².